The second-order valence-electron chi connectivity index (χ2n) is 6.74. The van der Waals surface area contributed by atoms with E-state index >= 15 is 0 Å². The number of anilines is 3. The number of carbonyl (C=O) groups is 6. The first-order valence-corrected chi connectivity index (χ1v) is 9.62. The molecule has 6 N–H and O–H groups in total. The number of carboxylic acids is 6. The van der Waals surface area contributed by atoms with Gasteiger partial charge in [0.2, 0.25) is 0 Å². The minimum Gasteiger partial charge on any atom is -0.543 e. The number of aromatic carboxylic acids is 6. The van der Waals surface area contributed by atoms with E-state index in [9.17, 15) is 59.4 Å². The van der Waals surface area contributed by atoms with Crippen LogP contribution in [-0.4, -0.2) is 50.8 Å². The van der Waals surface area contributed by atoms with Crippen LogP contribution in [0.1, 0.15) is 62.9 Å². The van der Waals surface area contributed by atoms with Crippen molar-refractivity contribution in [2.45, 2.75) is 0 Å². The van der Waals surface area contributed by atoms with Gasteiger partial charge in [0.25, 0.3) is 0 Å². The molecule has 0 aliphatic heterocycles. The Morgan fingerprint density at radius 1 is 0.400 bits per heavy atom. The van der Waals surface area contributed by atoms with Gasteiger partial charge in [0, 0.05) is 17.1 Å². The summed E-state index contributed by atoms with van der Waals surface area (Å²) in [5.74, 6) is -9.53. The molecule has 0 saturated carbocycles. The molecule has 0 amide bonds. The van der Waals surface area contributed by atoms with Gasteiger partial charge < -0.3 is 76.6 Å². The van der Waals surface area contributed by atoms with E-state index in [0.717, 1.165) is 36.4 Å². The first kappa shape index (κ1) is 35.3. The first-order valence-electron chi connectivity index (χ1n) is 9.62. The molecule has 0 fully saturated rings. The van der Waals surface area contributed by atoms with Gasteiger partial charge in [-0.15, -0.1) is 0 Å². The minimum absolute atomic E-state index is 0. The zero-order valence-electron chi connectivity index (χ0n) is 19.3. The Bertz CT molecular complexity index is 1210. The van der Waals surface area contributed by atoms with Crippen molar-refractivity contribution < 1.29 is 109 Å². The van der Waals surface area contributed by atoms with E-state index in [1.54, 1.807) is 0 Å². The normalized spacial score (nSPS) is 9.30. The summed E-state index contributed by atoms with van der Waals surface area (Å²) in [4.78, 5) is 71.4. The van der Waals surface area contributed by atoms with Gasteiger partial charge in [-0.1, -0.05) is 0 Å². The summed E-state index contributed by atoms with van der Waals surface area (Å²) in [6.45, 7) is 0. The van der Waals surface area contributed by atoms with E-state index in [0.29, 0.717) is 0 Å². The summed E-state index contributed by atoms with van der Waals surface area (Å²) in [6.07, 6.45) is 0. The second-order valence-corrected chi connectivity index (χ2v) is 6.74. The Morgan fingerprint density at radius 3 is 0.625 bits per heavy atom. The molecule has 0 radical (unpaired) electrons. The molecule has 0 saturated heterocycles. The molecule has 0 bridgehead atoms. The molecule has 18 nitrogen and oxygen atoms in total. The van der Waals surface area contributed by atoms with Crippen LogP contribution in [0.5, 0.6) is 0 Å². The van der Waals surface area contributed by atoms with E-state index in [4.69, 9.17) is 17.2 Å². The predicted molar refractivity (Wildman–Crippen MR) is 112 cm³/mol. The van der Waals surface area contributed by atoms with Crippen LogP contribution in [0, 0.1) is 49.4 Å². The average Bonchev–Trinajstić information content (AvgIpc) is 2.83. The van der Waals surface area contributed by atoms with Crippen LogP contribution in [0.4, 0.5) is 17.1 Å². The molecule has 19 heteroatoms. The van der Waals surface area contributed by atoms with Crippen LogP contribution in [0.2, 0.25) is 0 Å². The van der Waals surface area contributed by atoms with Gasteiger partial charge in [-0.05, 0) is 36.4 Å². The fourth-order valence-electron chi connectivity index (χ4n) is 2.28. The molecule has 0 aliphatic rings. The van der Waals surface area contributed by atoms with Crippen molar-refractivity contribution in [2.75, 3.05) is 17.2 Å². The Hall–Kier alpha value is -4.75. The van der Waals surface area contributed by atoms with E-state index in [1.165, 1.54) is 0 Å². The van der Waals surface area contributed by atoms with E-state index in [1.807, 2.05) is 0 Å². The third-order valence-electron chi connectivity index (χ3n) is 3.80. The summed E-state index contributed by atoms with van der Waals surface area (Å²) in [5, 5.41) is 61.7. The molecule has 3 heterocycles. The Kier molecular flexibility index (Phi) is 13.8. The fraction of sp³-hybridized carbons (Fsp3) is 0. The molecule has 0 aliphatic carbocycles. The Balaban J connectivity index is 0.000000563. The van der Waals surface area contributed by atoms with Crippen LogP contribution in [0.3, 0.4) is 0 Å². The summed E-state index contributed by atoms with van der Waals surface area (Å²) in [6, 6.07) is 6.01. The van der Waals surface area contributed by atoms with Gasteiger partial charge in [-0.2, -0.15) is 0 Å². The monoisotopic (exact) mass is 693 g/mol. The number of hydrogen-bond acceptors (Lipinski definition) is 18. The molecular formula is C21H12EuN6O12-3. The van der Waals surface area contributed by atoms with Crippen molar-refractivity contribution in [3.8, 4) is 0 Å². The second kappa shape index (κ2) is 15.6. The van der Waals surface area contributed by atoms with Crippen LogP contribution in [0.15, 0.2) is 36.4 Å². The maximum absolute atomic E-state index is 10.3. The van der Waals surface area contributed by atoms with Crippen molar-refractivity contribution in [1.82, 2.24) is 15.0 Å². The third kappa shape index (κ3) is 11.3. The average molecular weight is 692 g/mol. The van der Waals surface area contributed by atoms with Gasteiger partial charge in [-0.3, -0.25) is 0 Å². The zero-order chi connectivity index (χ0) is 30.0. The van der Waals surface area contributed by atoms with E-state index in [-0.39, 0.29) is 66.4 Å². The van der Waals surface area contributed by atoms with Gasteiger partial charge in [0.05, 0.1) is 70.0 Å². The van der Waals surface area contributed by atoms with Crippen molar-refractivity contribution in [3.63, 3.8) is 0 Å². The number of carboxylic acid groups (broad SMARTS) is 6. The number of nitrogen functional groups attached to an aromatic ring is 3. The number of aromatic nitrogens is 3. The smallest absolute Gasteiger partial charge is 0.543 e. The molecule has 0 spiro atoms. The standard InChI is InChI=1S/3C7H6N2O4.Eu/c3*8-3-1-4(6(10)11)9-5(2-3)7(12)13;/h3*1-2H,(H2,8,9)(H,10,11)(H,12,13);/q;;;+3/p-6. The molecule has 208 valence electrons. The maximum Gasteiger partial charge on any atom is 3.00 e. The topological polar surface area (TPSA) is 358 Å². The summed E-state index contributed by atoms with van der Waals surface area (Å²) in [5.41, 5.74) is 12.4. The van der Waals surface area contributed by atoms with Gasteiger partial charge in [-0.25, -0.2) is 15.0 Å². The van der Waals surface area contributed by atoms with Crippen molar-refractivity contribution in [3.05, 3.63) is 70.6 Å². The molecular weight excluding hydrogens is 680 g/mol. The van der Waals surface area contributed by atoms with Crippen LogP contribution in [-0.2, 0) is 0 Å². The molecule has 3 rings (SSSR count). The summed E-state index contributed by atoms with van der Waals surface area (Å²) < 4.78 is 0. The van der Waals surface area contributed by atoms with Crippen LogP contribution < -0.4 is 47.8 Å². The quantitative estimate of drug-likeness (QED) is 0.216. The van der Waals surface area contributed by atoms with Crippen molar-refractivity contribution >= 4 is 52.9 Å². The van der Waals surface area contributed by atoms with Crippen molar-refractivity contribution in [2.24, 2.45) is 0 Å². The number of carbonyl (C=O) groups excluding carboxylic acids is 6. The summed E-state index contributed by atoms with van der Waals surface area (Å²) in [7, 11) is 0. The fourth-order valence-corrected chi connectivity index (χ4v) is 2.28. The number of rotatable bonds is 6. The molecule has 0 unspecified atom stereocenters. The number of pyridine rings is 3. The number of hydrogen-bond donors (Lipinski definition) is 3. The Morgan fingerprint density at radius 2 is 0.525 bits per heavy atom. The predicted octanol–water partition coefficient (Wildman–Crippen LogP) is -7.83. The number of nitrogens with two attached hydrogens (primary N) is 3. The first-order chi connectivity index (χ1) is 18.0. The molecule has 3 aromatic rings. The van der Waals surface area contributed by atoms with Crippen molar-refractivity contribution in [1.29, 1.82) is 0 Å². The Labute approximate surface area is 262 Å². The minimum atomic E-state index is -1.59. The van der Waals surface area contributed by atoms with Gasteiger partial charge >= 0.3 is 49.4 Å². The third-order valence-corrected chi connectivity index (χ3v) is 3.80. The van der Waals surface area contributed by atoms with Crippen LogP contribution in [0.25, 0.3) is 0 Å². The van der Waals surface area contributed by atoms with E-state index < -0.39 is 70.0 Å². The zero-order valence-corrected chi connectivity index (χ0v) is 21.7. The maximum atomic E-state index is 10.3. The molecule has 40 heavy (non-hydrogen) atoms. The number of nitrogens with zero attached hydrogens (tertiary/aromatic N) is 3. The van der Waals surface area contributed by atoms with E-state index in [2.05, 4.69) is 15.0 Å². The van der Waals surface area contributed by atoms with Gasteiger partial charge in [0.1, 0.15) is 0 Å². The molecule has 0 atom stereocenters. The molecule has 0 aromatic carbocycles. The summed E-state index contributed by atoms with van der Waals surface area (Å²) >= 11 is 0. The SMILES string of the molecule is Nc1cc(C(=O)[O-])nc(C(=O)[O-])c1.Nc1cc(C(=O)[O-])nc(C(=O)[O-])c1.Nc1cc(C(=O)[O-])nc(C(=O)[O-])c1.[Eu+3]. The molecule has 3 aromatic heterocycles. The largest absolute Gasteiger partial charge is 3.00 e. The van der Waals surface area contributed by atoms with Crippen LogP contribution >= 0.6 is 0 Å². The van der Waals surface area contributed by atoms with Gasteiger partial charge in [0.15, 0.2) is 0 Å².